The topological polar surface area (TPSA) is 62.4 Å². The number of benzene rings is 1. The first-order valence-electron chi connectivity index (χ1n) is 9.47. The number of nitrogens with one attached hydrogen (secondary N) is 2. The third-order valence-electron chi connectivity index (χ3n) is 4.78. The Morgan fingerprint density at radius 1 is 1.21 bits per heavy atom. The van der Waals surface area contributed by atoms with Gasteiger partial charge in [0.2, 0.25) is 0 Å². The van der Waals surface area contributed by atoms with Crippen molar-refractivity contribution in [2.24, 2.45) is 28.5 Å². The number of nitrogens with two attached hydrogens (primary N) is 1. The van der Waals surface area contributed by atoms with Crippen LogP contribution in [0.4, 0.5) is 5.69 Å². The van der Waals surface area contributed by atoms with Gasteiger partial charge < -0.3 is 16.4 Å². The molecule has 2 unspecified atom stereocenters. The second-order valence-electron chi connectivity index (χ2n) is 7.42. The van der Waals surface area contributed by atoms with Crippen LogP contribution in [0, 0.1) is 17.8 Å². The summed E-state index contributed by atoms with van der Waals surface area (Å²) in [5.41, 5.74) is 6.94. The number of nitrogens with zero attached hydrogens (tertiary/aromatic N) is 1. The maximum Gasteiger partial charge on any atom is 0.195 e. The Kier molecular flexibility index (Phi) is 8.10. The molecule has 0 aliphatic heterocycles. The van der Waals surface area contributed by atoms with Crippen molar-refractivity contribution in [3.8, 4) is 0 Å². The van der Waals surface area contributed by atoms with Gasteiger partial charge in [0.25, 0.3) is 0 Å². The lowest BCUT2D eigenvalue weighted by molar-refractivity contribution is 0.277. The molecule has 0 bridgehead atoms. The van der Waals surface area contributed by atoms with Crippen LogP contribution in [-0.4, -0.2) is 25.6 Å². The molecule has 24 heavy (non-hydrogen) atoms. The van der Waals surface area contributed by atoms with Crippen LogP contribution >= 0.6 is 0 Å². The molecule has 0 saturated heterocycles. The first-order valence-corrected chi connectivity index (χ1v) is 9.47. The van der Waals surface area contributed by atoms with E-state index in [4.69, 9.17) is 10.7 Å². The molecular formula is C20H34N4. The summed E-state index contributed by atoms with van der Waals surface area (Å²) in [6, 6.07) is 10.3. The van der Waals surface area contributed by atoms with Gasteiger partial charge in [0, 0.05) is 18.8 Å². The van der Waals surface area contributed by atoms with Crippen LogP contribution in [0.15, 0.2) is 35.3 Å². The van der Waals surface area contributed by atoms with E-state index in [-0.39, 0.29) is 0 Å². The predicted octanol–water partition coefficient (Wildman–Crippen LogP) is 3.86. The number of guanidine groups is 1. The summed E-state index contributed by atoms with van der Waals surface area (Å²) in [6.07, 6.45) is 6.24. The molecule has 1 aliphatic carbocycles. The maximum absolute atomic E-state index is 5.86. The summed E-state index contributed by atoms with van der Waals surface area (Å²) in [6.45, 7) is 7.16. The van der Waals surface area contributed by atoms with E-state index in [0.29, 0.717) is 17.8 Å². The molecule has 1 saturated carbocycles. The average molecular weight is 331 g/mol. The summed E-state index contributed by atoms with van der Waals surface area (Å²) in [5.74, 6) is 2.96. The zero-order valence-corrected chi connectivity index (χ0v) is 15.3. The molecule has 2 atom stereocenters. The number of anilines is 1. The highest BCUT2D eigenvalue weighted by Crippen LogP contribution is 2.28. The Balaban J connectivity index is 1.92. The summed E-state index contributed by atoms with van der Waals surface area (Å²) in [7, 11) is 0. The molecule has 1 fully saturated rings. The fraction of sp³-hybridized carbons (Fsp3) is 0.650. The van der Waals surface area contributed by atoms with E-state index in [9.17, 15) is 0 Å². The van der Waals surface area contributed by atoms with Gasteiger partial charge in [-0.3, -0.25) is 4.99 Å². The van der Waals surface area contributed by atoms with Crippen LogP contribution in [0.3, 0.4) is 0 Å². The average Bonchev–Trinajstić information content (AvgIpc) is 2.60. The minimum atomic E-state index is 0.673. The van der Waals surface area contributed by atoms with Gasteiger partial charge in [-0.2, -0.15) is 0 Å². The lowest BCUT2D eigenvalue weighted by atomic mass is 9.81. The molecule has 0 amide bonds. The van der Waals surface area contributed by atoms with E-state index >= 15 is 0 Å². The van der Waals surface area contributed by atoms with Crippen molar-refractivity contribution in [2.75, 3.05) is 25.0 Å². The monoisotopic (exact) mass is 330 g/mol. The summed E-state index contributed by atoms with van der Waals surface area (Å²) in [5, 5.41) is 6.91. The Morgan fingerprint density at radius 2 is 1.96 bits per heavy atom. The van der Waals surface area contributed by atoms with Crippen molar-refractivity contribution in [3.05, 3.63) is 30.3 Å². The molecule has 1 aliphatic rings. The fourth-order valence-corrected chi connectivity index (χ4v) is 3.28. The fourth-order valence-electron chi connectivity index (χ4n) is 3.28. The number of para-hydroxylation sites is 1. The molecule has 134 valence electrons. The smallest absolute Gasteiger partial charge is 0.195 e. The predicted molar refractivity (Wildman–Crippen MR) is 104 cm³/mol. The Labute approximate surface area is 147 Å². The second-order valence-corrected chi connectivity index (χ2v) is 7.42. The first-order chi connectivity index (χ1) is 11.7. The number of hydrogen-bond acceptors (Lipinski definition) is 2. The van der Waals surface area contributed by atoms with Crippen LogP contribution in [-0.2, 0) is 0 Å². The molecule has 4 nitrogen and oxygen atoms in total. The zero-order valence-electron chi connectivity index (χ0n) is 15.3. The lowest BCUT2D eigenvalue weighted by Gasteiger charge is -2.27. The maximum atomic E-state index is 5.86. The summed E-state index contributed by atoms with van der Waals surface area (Å²) >= 11 is 0. The van der Waals surface area contributed by atoms with Crippen LogP contribution in [0.25, 0.3) is 0 Å². The number of aliphatic imine (C=N–C) groups is 1. The molecule has 4 N–H and O–H groups in total. The minimum absolute atomic E-state index is 0.673. The van der Waals surface area contributed by atoms with Crippen LogP contribution < -0.4 is 16.4 Å². The molecule has 0 radical (unpaired) electrons. The van der Waals surface area contributed by atoms with Crippen molar-refractivity contribution >= 4 is 11.6 Å². The van der Waals surface area contributed by atoms with E-state index in [1.807, 2.05) is 18.2 Å². The normalized spacial score (nSPS) is 21.8. The van der Waals surface area contributed by atoms with Crippen molar-refractivity contribution < 1.29 is 0 Å². The summed E-state index contributed by atoms with van der Waals surface area (Å²) in [4.78, 5) is 4.86. The van der Waals surface area contributed by atoms with Gasteiger partial charge in [-0.25, -0.2) is 0 Å². The first kappa shape index (κ1) is 18.8. The van der Waals surface area contributed by atoms with Crippen LogP contribution in [0.5, 0.6) is 0 Å². The molecule has 2 rings (SSSR count). The molecule has 4 heteroatoms. The van der Waals surface area contributed by atoms with Crippen molar-refractivity contribution in [1.82, 2.24) is 5.32 Å². The third-order valence-corrected chi connectivity index (χ3v) is 4.78. The van der Waals surface area contributed by atoms with Gasteiger partial charge in [-0.05, 0) is 62.1 Å². The molecule has 0 heterocycles. The van der Waals surface area contributed by atoms with Gasteiger partial charge in [-0.1, -0.05) is 38.5 Å². The zero-order chi connectivity index (χ0) is 17.2. The van der Waals surface area contributed by atoms with E-state index in [2.05, 4.69) is 36.6 Å². The van der Waals surface area contributed by atoms with E-state index in [0.717, 1.165) is 37.7 Å². The number of hydrogen-bond donors (Lipinski definition) is 3. The Bertz CT molecular complexity index is 484. The van der Waals surface area contributed by atoms with Gasteiger partial charge >= 0.3 is 0 Å². The Hall–Kier alpha value is -1.55. The van der Waals surface area contributed by atoms with Crippen LogP contribution in [0.2, 0.25) is 0 Å². The molecule has 0 spiro atoms. The molecule has 0 aromatic heterocycles. The highest BCUT2D eigenvalue weighted by atomic mass is 15.2. The van der Waals surface area contributed by atoms with Gasteiger partial charge in [-0.15, -0.1) is 0 Å². The Morgan fingerprint density at radius 3 is 2.67 bits per heavy atom. The SMILES string of the molecule is CC(C)CCNC(=NCC1CCCC(CN)C1)Nc1ccccc1. The quantitative estimate of drug-likeness (QED) is 0.525. The van der Waals surface area contributed by atoms with E-state index in [1.165, 1.54) is 25.7 Å². The molecular weight excluding hydrogens is 296 g/mol. The highest BCUT2D eigenvalue weighted by Gasteiger charge is 2.20. The number of rotatable bonds is 7. The second kappa shape index (κ2) is 10.3. The van der Waals surface area contributed by atoms with Gasteiger partial charge in [0.05, 0.1) is 0 Å². The van der Waals surface area contributed by atoms with Crippen molar-refractivity contribution in [3.63, 3.8) is 0 Å². The van der Waals surface area contributed by atoms with Crippen molar-refractivity contribution in [1.29, 1.82) is 0 Å². The minimum Gasteiger partial charge on any atom is -0.356 e. The lowest BCUT2D eigenvalue weighted by Crippen LogP contribution is -2.33. The van der Waals surface area contributed by atoms with Gasteiger partial charge in [0.1, 0.15) is 0 Å². The van der Waals surface area contributed by atoms with Gasteiger partial charge in [0.15, 0.2) is 5.96 Å². The molecule has 1 aromatic rings. The van der Waals surface area contributed by atoms with Crippen molar-refractivity contribution in [2.45, 2.75) is 46.0 Å². The van der Waals surface area contributed by atoms with Crippen LogP contribution in [0.1, 0.15) is 46.0 Å². The van der Waals surface area contributed by atoms with E-state index < -0.39 is 0 Å². The highest BCUT2D eigenvalue weighted by molar-refractivity contribution is 5.93. The largest absolute Gasteiger partial charge is 0.356 e. The summed E-state index contributed by atoms with van der Waals surface area (Å²) < 4.78 is 0. The third kappa shape index (κ3) is 6.91. The standard InChI is InChI=1S/C20H34N4/c1-16(2)11-12-22-20(24-19-9-4-3-5-10-19)23-15-18-8-6-7-17(13-18)14-21/h3-5,9-10,16-18H,6-8,11-15,21H2,1-2H3,(H2,22,23,24). The molecule has 1 aromatic carbocycles. The van der Waals surface area contributed by atoms with E-state index in [1.54, 1.807) is 0 Å².